The van der Waals surface area contributed by atoms with Crippen LogP contribution in [0.1, 0.15) is 115 Å². The van der Waals surface area contributed by atoms with E-state index in [0.717, 1.165) is 24.0 Å². The Balaban J connectivity index is 1.42. The second kappa shape index (κ2) is 21.5. The number of fused-ring (bicyclic) bond motifs is 1. The Morgan fingerprint density at radius 1 is 0.656 bits per heavy atom. The van der Waals surface area contributed by atoms with E-state index >= 15 is 0 Å². The van der Waals surface area contributed by atoms with Gasteiger partial charge in [0.25, 0.3) is 0 Å². The summed E-state index contributed by atoms with van der Waals surface area (Å²) < 4.78 is 36.1. The van der Waals surface area contributed by atoms with Crippen molar-refractivity contribution in [1.82, 2.24) is 0 Å². The van der Waals surface area contributed by atoms with E-state index < -0.39 is 121 Å². The zero-order valence-electron chi connectivity index (χ0n) is 39.5. The number of hydrogen-bond donors (Lipinski definition) is 9. The predicted molar refractivity (Wildman–Crippen MR) is 234 cm³/mol. The van der Waals surface area contributed by atoms with Crippen LogP contribution in [0.3, 0.4) is 0 Å². The second-order valence-electron chi connectivity index (χ2n) is 20.0. The fraction of sp³-hybridized carbons (Fsp3) is 0.812. The standard InChI is InChI=1S/C48H78O16/c1-22(2)14-16-32(62-45-41(56)38(53)42(29(10)61-45)64-46-40(55)37(52)35(50)28(9)60-46)24(5)18-20-48(58)26(7)30-13-12-19-47(30,11)43(57)31(48)21-25(6)33(17-15-23(3)4)63-44-39(54)36(51)34(49)27(8)59-44/h14-15,18,21,26-42,44-46,49-56,58H,12-13,16-17,19-20H2,1-11H3. The smallest absolute Gasteiger partial charge is 0.187 e. The van der Waals surface area contributed by atoms with E-state index in [4.69, 9.17) is 28.4 Å². The monoisotopic (exact) mass is 911 g/mol. The number of carbonyl (C=O) groups is 1. The Morgan fingerprint density at radius 3 is 1.66 bits per heavy atom. The zero-order valence-corrected chi connectivity index (χ0v) is 39.5. The lowest BCUT2D eigenvalue weighted by Crippen LogP contribution is -2.63. The van der Waals surface area contributed by atoms with E-state index in [1.807, 2.05) is 73.6 Å². The van der Waals surface area contributed by atoms with E-state index in [-0.39, 0.29) is 24.0 Å². The van der Waals surface area contributed by atoms with Crippen molar-refractivity contribution in [2.45, 2.75) is 225 Å². The molecule has 366 valence electrons. The first kappa shape index (κ1) is 53.0. The summed E-state index contributed by atoms with van der Waals surface area (Å²) in [5, 5.41) is 98.4. The molecule has 3 heterocycles. The molecular weight excluding hydrogens is 833 g/mol. The van der Waals surface area contributed by atoms with E-state index in [9.17, 15) is 50.8 Å². The molecule has 0 radical (unpaired) electrons. The molecule has 5 rings (SSSR count). The highest BCUT2D eigenvalue weighted by molar-refractivity contribution is 5.91. The highest BCUT2D eigenvalue weighted by Crippen LogP contribution is 2.58. The van der Waals surface area contributed by atoms with Crippen LogP contribution in [0.25, 0.3) is 0 Å². The number of Topliss-reactive ketones (excluding diaryl/α,β-unsaturated/α-hetero) is 1. The summed E-state index contributed by atoms with van der Waals surface area (Å²) in [6.45, 7) is 20.1. The van der Waals surface area contributed by atoms with Crippen LogP contribution in [0.5, 0.6) is 0 Å². The lowest BCUT2D eigenvalue weighted by Gasteiger charge is -2.52. The largest absolute Gasteiger partial charge is 0.388 e. The van der Waals surface area contributed by atoms with Crippen molar-refractivity contribution in [1.29, 1.82) is 0 Å². The Morgan fingerprint density at radius 2 is 1.12 bits per heavy atom. The molecule has 16 nitrogen and oxygen atoms in total. The van der Waals surface area contributed by atoms with E-state index in [2.05, 4.69) is 0 Å². The number of aliphatic hydroxyl groups excluding tert-OH is 8. The molecule has 0 amide bonds. The average Bonchev–Trinajstić information content (AvgIpc) is 3.65. The van der Waals surface area contributed by atoms with E-state index in [1.165, 1.54) is 6.92 Å². The minimum atomic E-state index is -1.63. The summed E-state index contributed by atoms with van der Waals surface area (Å²) in [7, 11) is 0. The number of hydrogen-bond acceptors (Lipinski definition) is 16. The highest BCUT2D eigenvalue weighted by Gasteiger charge is 2.62. The third-order valence-corrected chi connectivity index (χ3v) is 14.8. The molecule has 0 aromatic carbocycles. The molecule has 16 heteroatoms. The summed E-state index contributed by atoms with van der Waals surface area (Å²) in [5.74, 6) is -1.41. The lowest BCUT2D eigenvalue weighted by molar-refractivity contribution is -0.354. The van der Waals surface area contributed by atoms with Gasteiger partial charge in [0.05, 0.1) is 42.0 Å². The maximum absolute atomic E-state index is 14.9. The van der Waals surface area contributed by atoms with Crippen LogP contribution < -0.4 is 0 Å². The number of ketones is 1. The van der Waals surface area contributed by atoms with Gasteiger partial charge in [0, 0.05) is 5.41 Å². The van der Waals surface area contributed by atoms with Crippen molar-refractivity contribution < 1.29 is 79.2 Å². The molecule has 2 saturated carbocycles. The fourth-order valence-corrected chi connectivity index (χ4v) is 10.3. The van der Waals surface area contributed by atoms with Crippen molar-refractivity contribution in [3.8, 4) is 0 Å². The van der Waals surface area contributed by atoms with Crippen molar-refractivity contribution in [3.05, 3.63) is 46.6 Å². The Bertz CT molecular complexity index is 1710. The number of rotatable bonds is 15. The number of ether oxygens (including phenoxy) is 6. The summed E-state index contributed by atoms with van der Waals surface area (Å²) in [4.78, 5) is 14.9. The highest BCUT2D eigenvalue weighted by atomic mass is 16.7. The van der Waals surface area contributed by atoms with Gasteiger partial charge in [-0.2, -0.15) is 0 Å². The van der Waals surface area contributed by atoms with Crippen molar-refractivity contribution in [3.63, 3.8) is 0 Å². The van der Waals surface area contributed by atoms with E-state index in [0.29, 0.717) is 30.4 Å². The molecule has 0 aromatic rings. The Hall–Kier alpha value is -1.97. The fourth-order valence-electron chi connectivity index (χ4n) is 10.3. The van der Waals surface area contributed by atoms with Gasteiger partial charge in [-0.15, -0.1) is 0 Å². The molecule has 3 saturated heterocycles. The van der Waals surface area contributed by atoms with Gasteiger partial charge in [0.1, 0.15) is 60.7 Å². The average molecular weight is 911 g/mol. The Labute approximate surface area is 378 Å². The van der Waals surface area contributed by atoms with Gasteiger partial charge >= 0.3 is 0 Å². The van der Waals surface area contributed by atoms with Crippen LogP contribution in [-0.2, 0) is 33.2 Å². The maximum atomic E-state index is 14.9. The van der Waals surface area contributed by atoms with Crippen LogP contribution >= 0.6 is 0 Å². The molecule has 22 unspecified atom stereocenters. The van der Waals surface area contributed by atoms with Crippen molar-refractivity contribution in [2.24, 2.45) is 23.2 Å². The molecule has 22 atom stereocenters. The normalized spacial score (nSPS) is 45.4. The summed E-state index contributed by atoms with van der Waals surface area (Å²) in [5.41, 5.74) is 1.10. The van der Waals surface area contributed by atoms with Gasteiger partial charge in [0.2, 0.25) is 0 Å². The van der Waals surface area contributed by atoms with Gasteiger partial charge in [-0.3, -0.25) is 4.79 Å². The van der Waals surface area contributed by atoms with Crippen LogP contribution in [0.2, 0.25) is 0 Å². The Kier molecular flexibility index (Phi) is 17.8. The number of carbonyl (C=O) groups excluding carboxylic acids is 1. The summed E-state index contributed by atoms with van der Waals surface area (Å²) in [6, 6.07) is 0. The molecule has 0 spiro atoms. The van der Waals surface area contributed by atoms with E-state index in [1.54, 1.807) is 19.9 Å². The first-order chi connectivity index (χ1) is 29.8. The third kappa shape index (κ3) is 11.1. The minimum absolute atomic E-state index is 0.0646. The summed E-state index contributed by atoms with van der Waals surface area (Å²) in [6.07, 6.45) is -10.6. The molecule has 3 aliphatic heterocycles. The van der Waals surface area contributed by atoms with Crippen LogP contribution in [-0.4, -0.2) is 162 Å². The lowest BCUT2D eigenvalue weighted by atomic mass is 9.53. The topological polar surface area (TPSA) is 255 Å². The molecular formula is C48H78O16. The van der Waals surface area contributed by atoms with Gasteiger partial charge in [-0.25, -0.2) is 0 Å². The SMILES string of the molecule is CC(C)=CCC(OC1OC(C)C(O)C(O)C1O)C(C)=CC1C(=O)C2(C)CCCC2C(C)C1(O)CC=C(C)C(CC=C(C)C)OC1OC(C)C(OC2OC(C)C(O)C(O)C2O)C(O)C1O. The van der Waals surface area contributed by atoms with Gasteiger partial charge in [-0.1, -0.05) is 55.7 Å². The molecule has 5 fully saturated rings. The van der Waals surface area contributed by atoms with Crippen molar-refractivity contribution >= 4 is 5.78 Å². The van der Waals surface area contributed by atoms with Gasteiger partial charge < -0.3 is 74.4 Å². The van der Waals surface area contributed by atoms with Gasteiger partial charge in [-0.05, 0) is 117 Å². The van der Waals surface area contributed by atoms with Crippen LogP contribution in [0, 0.1) is 23.2 Å². The third-order valence-electron chi connectivity index (χ3n) is 14.8. The molecule has 0 bridgehead atoms. The maximum Gasteiger partial charge on any atom is 0.187 e. The first-order valence-electron chi connectivity index (χ1n) is 23.1. The minimum Gasteiger partial charge on any atom is -0.388 e. The molecule has 5 aliphatic rings. The second-order valence-corrected chi connectivity index (χ2v) is 20.0. The predicted octanol–water partition coefficient (Wildman–Crippen LogP) is 2.63. The van der Waals surface area contributed by atoms with Crippen LogP contribution in [0.15, 0.2) is 46.6 Å². The molecule has 9 N–H and O–H groups in total. The molecule has 0 aromatic heterocycles. The molecule has 2 aliphatic carbocycles. The zero-order chi connectivity index (χ0) is 47.7. The number of allylic oxidation sites excluding steroid dienone is 2. The van der Waals surface area contributed by atoms with Gasteiger partial charge in [0.15, 0.2) is 18.9 Å². The van der Waals surface area contributed by atoms with Crippen molar-refractivity contribution in [2.75, 3.05) is 0 Å². The first-order valence-corrected chi connectivity index (χ1v) is 23.1. The number of aliphatic hydroxyl groups is 9. The molecule has 64 heavy (non-hydrogen) atoms. The van der Waals surface area contributed by atoms with Crippen LogP contribution in [0.4, 0.5) is 0 Å². The quantitative estimate of drug-likeness (QED) is 0.107. The summed E-state index contributed by atoms with van der Waals surface area (Å²) >= 11 is 0.